The molecule has 0 saturated carbocycles. The van der Waals surface area contributed by atoms with Gasteiger partial charge in [0.05, 0.1) is 17.2 Å². The van der Waals surface area contributed by atoms with E-state index in [4.69, 9.17) is 33.0 Å². The highest BCUT2D eigenvalue weighted by Crippen LogP contribution is 2.32. The lowest BCUT2D eigenvalue weighted by Crippen LogP contribution is -2.34. The topological polar surface area (TPSA) is 76.4 Å². The Morgan fingerprint density at radius 1 is 1.12 bits per heavy atom. The predicted octanol–water partition coefficient (Wildman–Crippen LogP) is 6.37. The van der Waals surface area contributed by atoms with Crippen LogP contribution in [0.25, 0.3) is 22.6 Å². The normalized spacial score (nSPS) is 10.8. The summed E-state index contributed by atoms with van der Waals surface area (Å²) in [6.07, 6.45) is 0.917. The predicted molar refractivity (Wildman–Crippen MR) is 135 cm³/mol. The van der Waals surface area contributed by atoms with Gasteiger partial charge in [0.15, 0.2) is 10.7 Å². The van der Waals surface area contributed by atoms with Crippen LogP contribution in [-0.2, 0) is 0 Å². The molecule has 0 bridgehead atoms. The van der Waals surface area contributed by atoms with Gasteiger partial charge in [-0.25, -0.2) is 4.98 Å². The second-order valence-electron chi connectivity index (χ2n) is 7.47. The van der Waals surface area contributed by atoms with Gasteiger partial charge >= 0.3 is 0 Å². The Bertz CT molecular complexity index is 1320. The SMILES string of the molecule is CCCOc1ccc(C(=O)NC(=S)Nc2ccc(Cl)c(-c3nc4ccc(C)cc4o3)c2)cc1. The minimum Gasteiger partial charge on any atom is -0.494 e. The Balaban J connectivity index is 1.45. The van der Waals surface area contributed by atoms with Crippen LogP contribution in [0.5, 0.6) is 5.75 Å². The fraction of sp³-hybridized carbons (Fsp3) is 0.160. The third kappa shape index (κ3) is 5.50. The lowest BCUT2D eigenvalue weighted by atomic mass is 10.2. The summed E-state index contributed by atoms with van der Waals surface area (Å²) in [5.41, 5.74) is 4.25. The van der Waals surface area contributed by atoms with Crippen molar-refractivity contribution in [2.45, 2.75) is 20.3 Å². The van der Waals surface area contributed by atoms with Crippen molar-refractivity contribution in [1.29, 1.82) is 0 Å². The molecule has 8 heteroatoms. The number of hydrogen-bond acceptors (Lipinski definition) is 5. The number of aromatic nitrogens is 1. The number of nitrogens with zero attached hydrogens (tertiary/aromatic N) is 1. The van der Waals surface area contributed by atoms with Crippen molar-refractivity contribution in [3.8, 4) is 17.2 Å². The van der Waals surface area contributed by atoms with Crippen LogP contribution in [0.15, 0.2) is 65.1 Å². The van der Waals surface area contributed by atoms with Gasteiger partial charge in [-0.15, -0.1) is 0 Å². The second kappa shape index (κ2) is 10.0. The highest BCUT2D eigenvalue weighted by atomic mass is 35.5. The Morgan fingerprint density at radius 2 is 1.91 bits per heavy atom. The smallest absolute Gasteiger partial charge is 0.257 e. The van der Waals surface area contributed by atoms with E-state index in [1.807, 2.05) is 32.0 Å². The number of ether oxygens (including phenoxy) is 1. The van der Waals surface area contributed by atoms with E-state index in [1.165, 1.54) is 0 Å². The summed E-state index contributed by atoms with van der Waals surface area (Å²) >= 11 is 11.7. The number of anilines is 1. The highest BCUT2D eigenvalue weighted by molar-refractivity contribution is 7.80. The summed E-state index contributed by atoms with van der Waals surface area (Å²) in [4.78, 5) is 17.0. The first-order chi connectivity index (χ1) is 15.9. The molecule has 0 spiro atoms. The zero-order chi connectivity index (χ0) is 23.4. The molecule has 0 atom stereocenters. The van der Waals surface area contributed by atoms with Crippen molar-refractivity contribution >= 4 is 51.6 Å². The number of thiocarbonyl (C=S) groups is 1. The Hall–Kier alpha value is -3.42. The summed E-state index contributed by atoms with van der Waals surface area (Å²) in [6, 6.07) is 18.0. The standard InChI is InChI=1S/C25H22ClN3O3S/c1-3-12-31-18-8-5-16(6-9-18)23(30)29-25(33)27-17-7-10-20(26)19(14-17)24-28-21-11-4-15(2)13-22(21)32-24/h4-11,13-14H,3,12H2,1-2H3,(H2,27,29,30,33). The number of fused-ring (bicyclic) bond motifs is 1. The van der Waals surface area contributed by atoms with Crippen LogP contribution in [0.1, 0.15) is 29.3 Å². The van der Waals surface area contributed by atoms with Gasteiger partial charge in [-0.05, 0) is 85.7 Å². The third-order valence-corrected chi connectivity index (χ3v) is 5.35. The third-order valence-electron chi connectivity index (χ3n) is 4.81. The van der Waals surface area contributed by atoms with E-state index in [2.05, 4.69) is 15.6 Å². The number of rotatable bonds is 6. The number of aryl methyl sites for hydroxylation is 1. The summed E-state index contributed by atoms with van der Waals surface area (Å²) < 4.78 is 11.4. The molecule has 4 aromatic rings. The van der Waals surface area contributed by atoms with Gasteiger partial charge in [-0.1, -0.05) is 24.6 Å². The van der Waals surface area contributed by atoms with Crippen LogP contribution in [0, 0.1) is 6.92 Å². The number of carbonyl (C=O) groups is 1. The molecule has 0 aliphatic rings. The fourth-order valence-corrected chi connectivity index (χ4v) is 3.58. The van der Waals surface area contributed by atoms with Crippen LogP contribution < -0.4 is 15.4 Å². The lowest BCUT2D eigenvalue weighted by Gasteiger charge is -2.11. The van der Waals surface area contributed by atoms with E-state index in [9.17, 15) is 4.79 Å². The molecular formula is C25H22ClN3O3S. The molecule has 0 aliphatic carbocycles. The molecule has 168 valence electrons. The van der Waals surface area contributed by atoms with Gasteiger partial charge in [0.25, 0.3) is 5.91 Å². The number of halogens is 1. The van der Waals surface area contributed by atoms with Crippen LogP contribution in [0.3, 0.4) is 0 Å². The quantitative estimate of drug-likeness (QED) is 0.313. The zero-order valence-electron chi connectivity index (χ0n) is 18.1. The first-order valence-electron chi connectivity index (χ1n) is 10.5. The van der Waals surface area contributed by atoms with Gasteiger partial charge in [-0.2, -0.15) is 0 Å². The van der Waals surface area contributed by atoms with E-state index in [1.54, 1.807) is 42.5 Å². The average Bonchev–Trinajstić information content (AvgIpc) is 3.22. The summed E-state index contributed by atoms with van der Waals surface area (Å²) in [5, 5.41) is 6.34. The maximum Gasteiger partial charge on any atom is 0.257 e. The molecular weight excluding hydrogens is 458 g/mol. The van der Waals surface area contributed by atoms with Crippen molar-refractivity contribution in [2.75, 3.05) is 11.9 Å². The molecule has 1 amide bonds. The Labute approximate surface area is 201 Å². The minimum absolute atomic E-state index is 0.160. The van der Waals surface area contributed by atoms with E-state index in [0.717, 1.165) is 23.3 Å². The molecule has 3 aromatic carbocycles. The molecule has 0 aliphatic heterocycles. The zero-order valence-corrected chi connectivity index (χ0v) is 19.7. The van der Waals surface area contributed by atoms with Crippen molar-refractivity contribution in [3.05, 3.63) is 76.8 Å². The van der Waals surface area contributed by atoms with Gasteiger partial charge < -0.3 is 14.5 Å². The monoisotopic (exact) mass is 479 g/mol. The van der Waals surface area contributed by atoms with Crippen LogP contribution in [0.4, 0.5) is 5.69 Å². The van der Waals surface area contributed by atoms with Crippen LogP contribution in [-0.4, -0.2) is 22.6 Å². The Morgan fingerprint density at radius 3 is 2.67 bits per heavy atom. The second-order valence-corrected chi connectivity index (χ2v) is 8.28. The van der Waals surface area contributed by atoms with Gasteiger partial charge in [0.2, 0.25) is 5.89 Å². The van der Waals surface area contributed by atoms with E-state index in [0.29, 0.717) is 39.9 Å². The average molecular weight is 480 g/mol. The molecule has 4 rings (SSSR count). The van der Waals surface area contributed by atoms with Gasteiger partial charge in [0, 0.05) is 11.3 Å². The number of hydrogen-bond donors (Lipinski definition) is 2. The summed E-state index contributed by atoms with van der Waals surface area (Å²) in [7, 11) is 0. The van der Waals surface area contributed by atoms with Crippen LogP contribution >= 0.6 is 23.8 Å². The number of nitrogens with one attached hydrogen (secondary N) is 2. The number of oxazole rings is 1. The lowest BCUT2D eigenvalue weighted by molar-refractivity contribution is 0.0977. The first-order valence-corrected chi connectivity index (χ1v) is 11.2. The molecule has 0 radical (unpaired) electrons. The van der Waals surface area contributed by atoms with Crippen molar-refractivity contribution < 1.29 is 13.9 Å². The highest BCUT2D eigenvalue weighted by Gasteiger charge is 2.14. The molecule has 0 fully saturated rings. The largest absolute Gasteiger partial charge is 0.494 e. The molecule has 2 N–H and O–H groups in total. The van der Waals surface area contributed by atoms with Crippen molar-refractivity contribution in [3.63, 3.8) is 0 Å². The summed E-state index contributed by atoms with van der Waals surface area (Å²) in [5.74, 6) is 0.805. The number of benzene rings is 3. The maximum atomic E-state index is 12.5. The van der Waals surface area contributed by atoms with E-state index >= 15 is 0 Å². The molecule has 33 heavy (non-hydrogen) atoms. The minimum atomic E-state index is -0.321. The number of amides is 1. The Kier molecular flexibility index (Phi) is 6.91. The van der Waals surface area contributed by atoms with Gasteiger partial charge in [0.1, 0.15) is 11.3 Å². The number of carbonyl (C=O) groups excluding carboxylic acids is 1. The molecule has 6 nitrogen and oxygen atoms in total. The van der Waals surface area contributed by atoms with E-state index < -0.39 is 0 Å². The first kappa shape index (κ1) is 22.8. The molecule has 0 saturated heterocycles. The molecule has 1 heterocycles. The van der Waals surface area contributed by atoms with Crippen molar-refractivity contribution in [1.82, 2.24) is 10.3 Å². The summed E-state index contributed by atoms with van der Waals surface area (Å²) in [6.45, 7) is 4.66. The fourth-order valence-electron chi connectivity index (χ4n) is 3.17. The van der Waals surface area contributed by atoms with Gasteiger partial charge in [-0.3, -0.25) is 10.1 Å². The molecule has 0 unspecified atom stereocenters. The van der Waals surface area contributed by atoms with Crippen molar-refractivity contribution in [2.24, 2.45) is 0 Å². The molecule has 1 aromatic heterocycles. The van der Waals surface area contributed by atoms with E-state index in [-0.39, 0.29) is 11.0 Å². The van der Waals surface area contributed by atoms with Crippen LogP contribution in [0.2, 0.25) is 5.02 Å². The maximum absolute atomic E-state index is 12.5.